The molecule has 0 unspecified atom stereocenters. The van der Waals surface area contributed by atoms with E-state index in [2.05, 4.69) is 0 Å². The van der Waals surface area contributed by atoms with E-state index in [-0.39, 0.29) is 40.2 Å². The Labute approximate surface area is 212 Å². The first-order valence-electron chi connectivity index (χ1n) is 8.92. The number of rotatable bonds is 8. The topological polar surface area (TPSA) is 91.7 Å². The molecule has 0 saturated heterocycles. The molecule has 0 spiro atoms. The van der Waals surface area contributed by atoms with Crippen molar-refractivity contribution in [2.45, 2.75) is 15.4 Å². The van der Waals surface area contributed by atoms with Gasteiger partial charge >= 0.3 is 5.97 Å². The largest absolute Gasteiger partial charge is 0.479 e. The molecule has 0 saturated carbocycles. The van der Waals surface area contributed by atoms with Gasteiger partial charge in [0.15, 0.2) is 15.4 Å². The van der Waals surface area contributed by atoms with Crippen molar-refractivity contribution in [1.82, 2.24) is 0 Å². The van der Waals surface area contributed by atoms with Crippen LogP contribution in [0.1, 0.15) is 0 Å². The third kappa shape index (κ3) is 6.83. The van der Waals surface area contributed by atoms with Crippen LogP contribution in [0.3, 0.4) is 0 Å². The average Bonchev–Trinajstić information content (AvgIpc) is 2.73. The third-order valence-corrected chi connectivity index (χ3v) is 7.77. The average molecular weight is 486 g/mol. The van der Waals surface area contributed by atoms with E-state index in [9.17, 15) is 23.4 Å². The minimum atomic E-state index is -4.04. The standard InChI is InChI=1S/C22H19ClO5S2.Na/c23-18-10-6-16(7-11-18)17-8-12-20(13-9-17)30(27,28)15-22(26,21(24)25)14-29-19-4-2-1-3-5-19;/h1-13,26H,14-15H2,(H,24,25);/t22-;/m1./s1. The monoisotopic (exact) mass is 485 g/mol. The van der Waals surface area contributed by atoms with Gasteiger partial charge in [-0.05, 0) is 47.5 Å². The Hall–Kier alpha value is -1.32. The normalized spacial score (nSPS) is 13.1. The Morgan fingerprint density at radius 1 is 0.903 bits per heavy atom. The molecule has 3 aromatic rings. The zero-order valence-corrected chi connectivity index (χ0v) is 21.1. The van der Waals surface area contributed by atoms with Gasteiger partial charge in [0.05, 0.1) is 10.6 Å². The first-order chi connectivity index (χ1) is 14.2. The van der Waals surface area contributed by atoms with Crippen LogP contribution in [0.2, 0.25) is 5.02 Å². The van der Waals surface area contributed by atoms with E-state index in [0.29, 0.717) is 5.02 Å². The second-order valence-electron chi connectivity index (χ2n) is 6.73. The SMILES string of the molecule is O=C(O)[C@@](O)(CSc1ccccc1)CS(=O)(=O)c1ccc(-c2ccc(Cl)cc2)cc1.[Na]. The molecule has 0 aromatic heterocycles. The number of hydrogen-bond donors (Lipinski definition) is 2. The van der Waals surface area contributed by atoms with Gasteiger partial charge in [-0.1, -0.05) is 54.1 Å². The fourth-order valence-electron chi connectivity index (χ4n) is 2.78. The summed E-state index contributed by atoms with van der Waals surface area (Å²) in [7, 11) is -4.04. The molecular weight excluding hydrogens is 467 g/mol. The van der Waals surface area contributed by atoms with Crippen molar-refractivity contribution in [1.29, 1.82) is 0 Å². The molecule has 31 heavy (non-hydrogen) atoms. The summed E-state index contributed by atoms with van der Waals surface area (Å²) in [6.45, 7) is 0. The minimum Gasteiger partial charge on any atom is -0.479 e. The van der Waals surface area contributed by atoms with E-state index in [1.165, 1.54) is 12.1 Å². The molecule has 0 fully saturated rings. The molecule has 0 amide bonds. The molecular formula is C22H19ClNaO5S2. The fourth-order valence-corrected chi connectivity index (χ4v) is 5.59. The maximum absolute atomic E-state index is 12.8. The summed E-state index contributed by atoms with van der Waals surface area (Å²) in [5.74, 6) is -2.79. The van der Waals surface area contributed by atoms with E-state index in [0.717, 1.165) is 27.8 Å². The maximum atomic E-state index is 12.8. The minimum absolute atomic E-state index is 0. The molecule has 0 bridgehead atoms. The Morgan fingerprint density at radius 3 is 1.94 bits per heavy atom. The molecule has 157 valence electrons. The van der Waals surface area contributed by atoms with Gasteiger partial charge in [0.2, 0.25) is 0 Å². The number of aliphatic carboxylic acids is 1. The van der Waals surface area contributed by atoms with Crippen LogP contribution in [-0.2, 0) is 14.6 Å². The summed E-state index contributed by atoms with van der Waals surface area (Å²) in [6, 6.07) is 22.1. The van der Waals surface area contributed by atoms with Gasteiger partial charge in [-0.25, -0.2) is 13.2 Å². The summed E-state index contributed by atoms with van der Waals surface area (Å²) in [4.78, 5) is 12.4. The van der Waals surface area contributed by atoms with Crippen LogP contribution in [0.15, 0.2) is 88.7 Å². The maximum Gasteiger partial charge on any atom is 0.337 e. The summed E-state index contributed by atoms with van der Waals surface area (Å²) < 4.78 is 25.6. The Bertz CT molecular complexity index is 1120. The van der Waals surface area contributed by atoms with Gasteiger partial charge in [-0.2, -0.15) is 0 Å². The van der Waals surface area contributed by atoms with Crippen molar-refractivity contribution in [3.05, 3.63) is 83.9 Å². The number of aliphatic hydroxyl groups is 1. The Balaban J connectivity index is 0.00000341. The van der Waals surface area contributed by atoms with Crippen LogP contribution in [0, 0.1) is 0 Å². The van der Waals surface area contributed by atoms with Crippen molar-refractivity contribution in [3.8, 4) is 11.1 Å². The fraction of sp³-hybridized carbons (Fsp3) is 0.136. The number of halogens is 1. The van der Waals surface area contributed by atoms with E-state index < -0.39 is 27.2 Å². The number of benzene rings is 3. The summed E-state index contributed by atoms with van der Waals surface area (Å²) in [5, 5.41) is 20.7. The molecule has 2 N–H and O–H groups in total. The Kier molecular flexibility index (Phi) is 9.21. The third-order valence-electron chi connectivity index (χ3n) is 4.44. The molecule has 0 heterocycles. The van der Waals surface area contributed by atoms with E-state index in [1.807, 2.05) is 18.2 Å². The van der Waals surface area contributed by atoms with Gasteiger partial charge in [-0.15, -0.1) is 11.8 Å². The predicted molar refractivity (Wildman–Crippen MR) is 124 cm³/mol. The van der Waals surface area contributed by atoms with E-state index >= 15 is 0 Å². The molecule has 3 rings (SSSR count). The van der Waals surface area contributed by atoms with Crippen LogP contribution in [0.4, 0.5) is 0 Å². The molecule has 9 heteroatoms. The first-order valence-corrected chi connectivity index (χ1v) is 11.9. The second-order valence-corrected chi connectivity index (χ2v) is 10.2. The van der Waals surface area contributed by atoms with Crippen LogP contribution in [0.5, 0.6) is 0 Å². The number of carboxylic acids is 1. The quantitative estimate of drug-likeness (QED) is 0.370. The van der Waals surface area contributed by atoms with Crippen LogP contribution in [0.25, 0.3) is 11.1 Å². The van der Waals surface area contributed by atoms with Crippen molar-refractivity contribution in [2.24, 2.45) is 0 Å². The van der Waals surface area contributed by atoms with Crippen LogP contribution < -0.4 is 0 Å². The summed E-state index contributed by atoms with van der Waals surface area (Å²) in [6.07, 6.45) is 0. The second kappa shape index (κ2) is 11.0. The molecule has 1 radical (unpaired) electrons. The zero-order chi connectivity index (χ0) is 21.8. The van der Waals surface area contributed by atoms with Crippen molar-refractivity contribution in [2.75, 3.05) is 11.5 Å². The molecule has 3 aromatic carbocycles. The van der Waals surface area contributed by atoms with Gasteiger partial charge in [0.25, 0.3) is 0 Å². The van der Waals surface area contributed by atoms with Crippen molar-refractivity contribution < 1.29 is 23.4 Å². The van der Waals surface area contributed by atoms with Gasteiger partial charge in [0, 0.05) is 45.2 Å². The number of carboxylic acid groups (broad SMARTS) is 1. The van der Waals surface area contributed by atoms with Crippen molar-refractivity contribution >= 4 is 68.7 Å². The van der Waals surface area contributed by atoms with Gasteiger partial charge in [0.1, 0.15) is 0 Å². The van der Waals surface area contributed by atoms with E-state index in [4.69, 9.17) is 11.6 Å². The number of sulfone groups is 1. The summed E-state index contributed by atoms with van der Waals surface area (Å²) in [5.41, 5.74) is -0.767. The smallest absolute Gasteiger partial charge is 0.337 e. The van der Waals surface area contributed by atoms with Crippen molar-refractivity contribution in [3.63, 3.8) is 0 Å². The van der Waals surface area contributed by atoms with Gasteiger partial charge < -0.3 is 10.2 Å². The number of hydrogen-bond acceptors (Lipinski definition) is 5. The number of thioether (sulfide) groups is 1. The molecule has 0 aliphatic heterocycles. The molecule has 0 aliphatic carbocycles. The van der Waals surface area contributed by atoms with Crippen LogP contribution >= 0.6 is 23.4 Å². The zero-order valence-electron chi connectivity index (χ0n) is 16.7. The molecule has 0 aliphatic rings. The predicted octanol–water partition coefficient (Wildman–Crippen LogP) is 4.01. The molecule has 5 nitrogen and oxygen atoms in total. The van der Waals surface area contributed by atoms with Gasteiger partial charge in [-0.3, -0.25) is 0 Å². The molecule has 1 atom stereocenters. The number of carbonyl (C=O) groups is 1. The van der Waals surface area contributed by atoms with Crippen LogP contribution in [-0.4, -0.2) is 71.3 Å². The summed E-state index contributed by atoms with van der Waals surface area (Å²) >= 11 is 6.97. The van der Waals surface area contributed by atoms with E-state index in [1.54, 1.807) is 48.5 Å². The Morgan fingerprint density at radius 2 is 1.42 bits per heavy atom. The first kappa shape index (κ1) is 25.9.